The summed E-state index contributed by atoms with van der Waals surface area (Å²) in [5, 5.41) is 10.5. The third-order valence-electron chi connectivity index (χ3n) is 6.30. The fourth-order valence-electron chi connectivity index (χ4n) is 4.34. The predicted molar refractivity (Wildman–Crippen MR) is 127 cm³/mol. The summed E-state index contributed by atoms with van der Waals surface area (Å²) in [4.78, 5) is 0. The van der Waals surface area contributed by atoms with Gasteiger partial charge in [-0.25, -0.2) is 0 Å². The maximum absolute atomic E-state index is 10.5. The van der Waals surface area contributed by atoms with Crippen LogP contribution in [0.2, 0.25) is 0 Å². The first kappa shape index (κ1) is 27.3. The minimum Gasteiger partial charge on any atom is -0.393 e. The summed E-state index contributed by atoms with van der Waals surface area (Å²) in [7, 11) is 0. The molecule has 0 spiro atoms. The van der Waals surface area contributed by atoms with E-state index in [4.69, 9.17) is 0 Å². The summed E-state index contributed by atoms with van der Waals surface area (Å²) in [5.74, 6) is 1.94. The van der Waals surface area contributed by atoms with Crippen LogP contribution in [0.5, 0.6) is 0 Å². The summed E-state index contributed by atoms with van der Waals surface area (Å²) < 4.78 is 0. The van der Waals surface area contributed by atoms with Crippen molar-refractivity contribution < 1.29 is 5.11 Å². The Hall–Kier alpha value is 0.310. The minimum atomic E-state index is -0.147. The molecular formula is C25H52OS. The van der Waals surface area contributed by atoms with Gasteiger partial charge in [-0.05, 0) is 30.4 Å². The summed E-state index contributed by atoms with van der Waals surface area (Å²) >= 11 is 4.33. The molecular weight excluding hydrogens is 348 g/mol. The third kappa shape index (κ3) is 16.9. The number of aliphatic hydroxyl groups excluding tert-OH is 1. The molecule has 164 valence electrons. The van der Waals surface area contributed by atoms with Gasteiger partial charge in [0.25, 0.3) is 0 Å². The zero-order chi connectivity index (χ0) is 20.2. The molecule has 0 aromatic rings. The number of hydrogen-bond donors (Lipinski definition) is 2. The van der Waals surface area contributed by atoms with Crippen LogP contribution in [0.3, 0.4) is 0 Å². The highest BCUT2D eigenvalue weighted by atomic mass is 32.1. The van der Waals surface area contributed by atoms with Crippen LogP contribution in [-0.4, -0.2) is 17.0 Å². The van der Waals surface area contributed by atoms with E-state index >= 15 is 0 Å². The van der Waals surface area contributed by atoms with Crippen LogP contribution in [0.1, 0.15) is 136 Å². The van der Waals surface area contributed by atoms with E-state index in [1.807, 2.05) is 0 Å². The van der Waals surface area contributed by atoms with Gasteiger partial charge in [-0.15, -0.1) is 0 Å². The van der Waals surface area contributed by atoms with Crippen LogP contribution in [0, 0.1) is 11.8 Å². The standard InChI is InChI=1S/C25H52OS/c1-4-6-8-9-10-11-12-13-14-15-16-17-18-20-24(25(26)21-22-27)23(3)19-7-5-2/h23-27H,4-22H2,1-3H3. The molecule has 1 nitrogen and oxygen atoms in total. The molecule has 0 amide bonds. The van der Waals surface area contributed by atoms with Crippen LogP contribution in [0.25, 0.3) is 0 Å². The smallest absolute Gasteiger partial charge is 0.0578 e. The van der Waals surface area contributed by atoms with Crippen molar-refractivity contribution in [3.63, 3.8) is 0 Å². The number of unbranched alkanes of at least 4 members (excludes halogenated alkanes) is 13. The van der Waals surface area contributed by atoms with Crippen LogP contribution in [-0.2, 0) is 0 Å². The van der Waals surface area contributed by atoms with Crippen molar-refractivity contribution in [2.24, 2.45) is 11.8 Å². The van der Waals surface area contributed by atoms with Crippen molar-refractivity contribution in [2.75, 3.05) is 5.75 Å². The minimum absolute atomic E-state index is 0.147. The second kappa shape index (κ2) is 21.0. The van der Waals surface area contributed by atoms with Crippen LogP contribution in [0.15, 0.2) is 0 Å². The molecule has 3 unspecified atom stereocenters. The van der Waals surface area contributed by atoms with E-state index < -0.39 is 0 Å². The Morgan fingerprint density at radius 1 is 0.593 bits per heavy atom. The zero-order valence-corrected chi connectivity index (χ0v) is 20.0. The highest BCUT2D eigenvalue weighted by molar-refractivity contribution is 7.80. The summed E-state index contributed by atoms with van der Waals surface area (Å²) in [6.07, 6.45) is 24.0. The van der Waals surface area contributed by atoms with Gasteiger partial charge in [0.15, 0.2) is 0 Å². The van der Waals surface area contributed by atoms with E-state index in [2.05, 4.69) is 33.4 Å². The Kier molecular flexibility index (Phi) is 21.3. The van der Waals surface area contributed by atoms with Crippen molar-refractivity contribution in [1.82, 2.24) is 0 Å². The van der Waals surface area contributed by atoms with E-state index in [-0.39, 0.29) is 6.10 Å². The number of aliphatic hydroxyl groups is 1. The van der Waals surface area contributed by atoms with Crippen LogP contribution >= 0.6 is 12.6 Å². The Morgan fingerprint density at radius 2 is 1.04 bits per heavy atom. The monoisotopic (exact) mass is 400 g/mol. The van der Waals surface area contributed by atoms with Crippen molar-refractivity contribution in [3.05, 3.63) is 0 Å². The molecule has 0 saturated carbocycles. The van der Waals surface area contributed by atoms with Crippen molar-refractivity contribution in [1.29, 1.82) is 0 Å². The van der Waals surface area contributed by atoms with Gasteiger partial charge < -0.3 is 5.11 Å². The molecule has 0 aromatic carbocycles. The predicted octanol–water partition coefficient (Wildman–Crippen LogP) is 8.59. The van der Waals surface area contributed by atoms with Gasteiger partial charge in [0.2, 0.25) is 0 Å². The normalized spacial score (nSPS) is 15.0. The largest absolute Gasteiger partial charge is 0.393 e. The van der Waals surface area contributed by atoms with Gasteiger partial charge in [0.1, 0.15) is 0 Å². The summed E-state index contributed by atoms with van der Waals surface area (Å²) in [6, 6.07) is 0. The fraction of sp³-hybridized carbons (Fsp3) is 1.00. The first-order chi connectivity index (χ1) is 13.2. The fourth-order valence-corrected chi connectivity index (χ4v) is 4.61. The molecule has 0 heterocycles. The SMILES string of the molecule is CCCCCCCCCCCCCCCC(C(C)CCCC)C(O)CCS. The van der Waals surface area contributed by atoms with Gasteiger partial charge in [-0.1, -0.05) is 124 Å². The molecule has 0 fully saturated rings. The first-order valence-corrected chi connectivity index (χ1v) is 13.1. The lowest BCUT2D eigenvalue weighted by molar-refractivity contribution is 0.0640. The highest BCUT2D eigenvalue weighted by Crippen LogP contribution is 2.28. The van der Waals surface area contributed by atoms with Crippen molar-refractivity contribution in [3.8, 4) is 0 Å². The number of thiol groups is 1. The van der Waals surface area contributed by atoms with Crippen molar-refractivity contribution >= 4 is 12.6 Å². The van der Waals surface area contributed by atoms with Gasteiger partial charge in [0.05, 0.1) is 6.10 Å². The first-order valence-electron chi connectivity index (χ1n) is 12.5. The van der Waals surface area contributed by atoms with Gasteiger partial charge >= 0.3 is 0 Å². The number of rotatable bonds is 21. The van der Waals surface area contributed by atoms with Crippen LogP contribution in [0.4, 0.5) is 0 Å². The second-order valence-electron chi connectivity index (χ2n) is 8.89. The van der Waals surface area contributed by atoms with E-state index in [9.17, 15) is 5.11 Å². The quantitative estimate of drug-likeness (QED) is 0.146. The zero-order valence-electron chi connectivity index (χ0n) is 19.1. The maximum atomic E-state index is 10.5. The highest BCUT2D eigenvalue weighted by Gasteiger charge is 2.23. The van der Waals surface area contributed by atoms with E-state index in [0.717, 1.165) is 12.2 Å². The molecule has 0 saturated heterocycles. The molecule has 0 rings (SSSR count). The molecule has 2 heteroatoms. The average Bonchev–Trinajstić information content (AvgIpc) is 2.66. The molecule has 27 heavy (non-hydrogen) atoms. The van der Waals surface area contributed by atoms with E-state index in [1.54, 1.807) is 0 Å². The van der Waals surface area contributed by atoms with Crippen LogP contribution < -0.4 is 0 Å². The molecule has 0 bridgehead atoms. The lowest BCUT2D eigenvalue weighted by atomic mass is 9.81. The Balaban J connectivity index is 3.67. The lowest BCUT2D eigenvalue weighted by Crippen LogP contribution is -2.27. The Morgan fingerprint density at radius 3 is 1.48 bits per heavy atom. The topological polar surface area (TPSA) is 20.2 Å². The van der Waals surface area contributed by atoms with Gasteiger partial charge in [-0.3, -0.25) is 0 Å². The summed E-state index contributed by atoms with van der Waals surface area (Å²) in [5.41, 5.74) is 0. The number of hydrogen-bond acceptors (Lipinski definition) is 2. The van der Waals surface area contributed by atoms with E-state index in [1.165, 1.54) is 109 Å². The Labute approximate surface area is 177 Å². The van der Waals surface area contributed by atoms with Gasteiger partial charge in [0, 0.05) is 0 Å². The van der Waals surface area contributed by atoms with Crippen molar-refractivity contribution in [2.45, 2.75) is 142 Å². The molecule has 3 atom stereocenters. The molecule has 0 aliphatic heterocycles. The lowest BCUT2D eigenvalue weighted by Gasteiger charge is -2.28. The molecule has 0 aromatic heterocycles. The summed E-state index contributed by atoms with van der Waals surface area (Å²) in [6.45, 7) is 6.90. The molecule has 1 N–H and O–H groups in total. The van der Waals surface area contributed by atoms with E-state index in [0.29, 0.717) is 11.8 Å². The van der Waals surface area contributed by atoms with Gasteiger partial charge in [-0.2, -0.15) is 12.6 Å². The Bertz CT molecular complexity index is 281. The molecule has 0 radical (unpaired) electrons. The molecule has 0 aliphatic carbocycles. The maximum Gasteiger partial charge on any atom is 0.0578 e. The average molecular weight is 401 g/mol. The third-order valence-corrected chi connectivity index (χ3v) is 6.56. The molecule has 0 aliphatic rings. The second-order valence-corrected chi connectivity index (χ2v) is 9.34.